The van der Waals surface area contributed by atoms with Gasteiger partial charge in [-0.15, -0.1) is 11.3 Å². The number of carbonyl (C=O) groups excluding carboxylic acids is 2. The normalized spacial score (nSPS) is 21.6. The molecule has 0 aromatic carbocycles. The van der Waals surface area contributed by atoms with Crippen molar-refractivity contribution in [1.82, 2.24) is 10.2 Å². The zero-order valence-electron chi connectivity index (χ0n) is 12.3. The predicted octanol–water partition coefficient (Wildman–Crippen LogP) is 2.32. The minimum atomic E-state index is -0.379. The SMILES string of the molecule is CCC(C)C1NC(=O)CCN(Cc2sccc2C)C1=O. The van der Waals surface area contributed by atoms with E-state index in [1.807, 2.05) is 24.1 Å². The number of aryl methyl sites for hydroxylation is 1. The zero-order valence-corrected chi connectivity index (χ0v) is 13.1. The molecule has 1 fully saturated rings. The van der Waals surface area contributed by atoms with Crippen molar-refractivity contribution in [3.05, 3.63) is 21.9 Å². The summed E-state index contributed by atoms with van der Waals surface area (Å²) < 4.78 is 0. The number of thiophene rings is 1. The summed E-state index contributed by atoms with van der Waals surface area (Å²) in [7, 11) is 0. The van der Waals surface area contributed by atoms with Gasteiger partial charge >= 0.3 is 0 Å². The fourth-order valence-electron chi connectivity index (χ4n) is 2.37. The number of hydrogen-bond acceptors (Lipinski definition) is 3. The topological polar surface area (TPSA) is 49.4 Å². The molecule has 2 unspecified atom stereocenters. The van der Waals surface area contributed by atoms with Crippen LogP contribution in [0.5, 0.6) is 0 Å². The molecule has 2 atom stereocenters. The average Bonchev–Trinajstić information content (AvgIpc) is 2.78. The van der Waals surface area contributed by atoms with Gasteiger partial charge in [-0.25, -0.2) is 0 Å². The van der Waals surface area contributed by atoms with Gasteiger partial charge in [-0.1, -0.05) is 20.3 Å². The Balaban J connectivity index is 2.17. The Morgan fingerprint density at radius 2 is 2.25 bits per heavy atom. The van der Waals surface area contributed by atoms with Crippen molar-refractivity contribution < 1.29 is 9.59 Å². The molecule has 20 heavy (non-hydrogen) atoms. The molecule has 1 aliphatic rings. The van der Waals surface area contributed by atoms with Gasteiger partial charge in [-0.05, 0) is 29.9 Å². The third kappa shape index (κ3) is 3.20. The Kier molecular flexibility index (Phi) is 4.81. The van der Waals surface area contributed by atoms with Crippen LogP contribution in [0.1, 0.15) is 37.1 Å². The van der Waals surface area contributed by atoms with E-state index in [0.29, 0.717) is 19.5 Å². The second kappa shape index (κ2) is 6.39. The van der Waals surface area contributed by atoms with Crippen LogP contribution in [0.15, 0.2) is 11.4 Å². The summed E-state index contributed by atoms with van der Waals surface area (Å²) in [4.78, 5) is 27.5. The number of amides is 2. The summed E-state index contributed by atoms with van der Waals surface area (Å²) >= 11 is 1.67. The number of carbonyl (C=O) groups is 2. The summed E-state index contributed by atoms with van der Waals surface area (Å²) in [5, 5.41) is 4.92. The van der Waals surface area contributed by atoms with Crippen molar-refractivity contribution in [3.8, 4) is 0 Å². The molecule has 2 amide bonds. The van der Waals surface area contributed by atoms with Gasteiger partial charge in [-0.2, -0.15) is 0 Å². The van der Waals surface area contributed by atoms with E-state index in [4.69, 9.17) is 0 Å². The lowest BCUT2D eigenvalue weighted by Crippen LogP contribution is -2.48. The van der Waals surface area contributed by atoms with Crippen molar-refractivity contribution in [1.29, 1.82) is 0 Å². The van der Waals surface area contributed by atoms with Crippen LogP contribution in [0.3, 0.4) is 0 Å². The van der Waals surface area contributed by atoms with Crippen LogP contribution in [0.25, 0.3) is 0 Å². The number of nitrogens with zero attached hydrogens (tertiary/aromatic N) is 1. The van der Waals surface area contributed by atoms with Crippen LogP contribution >= 0.6 is 11.3 Å². The molecule has 0 radical (unpaired) electrons. The van der Waals surface area contributed by atoms with Gasteiger partial charge in [0, 0.05) is 17.8 Å². The van der Waals surface area contributed by atoms with Gasteiger partial charge in [0.15, 0.2) is 0 Å². The quantitative estimate of drug-likeness (QED) is 0.926. The van der Waals surface area contributed by atoms with E-state index < -0.39 is 0 Å². The second-order valence-electron chi connectivity index (χ2n) is 5.47. The number of hydrogen-bond donors (Lipinski definition) is 1. The first-order valence-corrected chi connectivity index (χ1v) is 8.02. The Morgan fingerprint density at radius 3 is 2.85 bits per heavy atom. The third-order valence-corrected chi connectivity index (χ3v) is 5.03. The van der Waals surface area contributed by atoms with E-state index in [0.717, 1.165) is 6.42 Å². The molecule has 2 heterocycles. The highest BCUT2D eigenvalue weighted by atomic mass is 32.1. The largest absolute Gasteiger partial charge is 0.344 e. The molecule has 0 spiro atoms. The average molecular weight is 294 g/mol. The Morgan fingerprint density at radius 1 is 1.50 bits per heavy atom. The minimum Gasteiger partial charge on any atom is -0.344 e. The molecule has 110 valence electrons. The molecular formula is C15H22N2O2S. The third-order valence-electron chi connectivity index (χ3n) is 4.02. The maximum atomic E-state index is 12.6. The monoisotopic (exact) mass is 294 g/mol. The second-order valence-corrected chi connectivity index (χ2v) is 6.47. The van der Waals surface area contributed by atoms with Crippen LogP contribution in [0.4, 0.5) is 0 Å². The van der Waals surface area contributed by atoms with Crippen LogP contribution < -0.4 is 5.32 Å². The number of rotatable bonds is 4. The first kappa shape index (κ1) is 15.0. The summed E-state index contributed by atoms with van der Waals surface area (Å²) in [5.41, 5.74) is 1.21. The van der Waals surface area contributed by atoms with Crippen molar-refractivity contribution in [2.75, 3.05) is 6.54 Å². The summed E-state index contributed by atoms with van der Waals surface area (Å²) in [5.74, 6) is 0.198. The molecule has 0 saturated carbocycles. The maximum absolute atomic E-state index is 12.6. The first-order valence-electron chi connectivity index (χ1n) is 7.14. The van der Waals surface area contributed by atoms with Gasteiger partial charge in [0.1, 0.15) is 6.04 Å². The molecule has 1 N–H and O–H groups in total. The number of nitrogens with one attached hydrogen (secondary N) is 1. The molecule has 2 rings (SSSR count). The lowest BCUT2D eigenvalue weighted by Gasteiger charge is -2.27. The smallest absolute Gasteiger partial charge is 0.245 e. The van der Waals surface area contributed by atoms with Crippen molar-refractivity contribution in [2.24, 2.45) is 5.92 Å². The van der Waals surface area contributed by atoms with Gasteiger partial charge in [0.25, 0.3) is 0 Å². The predicted molar refractivity (Wildman–Crippen MR) is 80.5 cm³/mol. The highest BCUT2D eigenvalue weighted by Crippen LogP contribution is 2.21. The van der Waals surface area contributed by atoms with E-state index in [9.17, 15) is 9.59 Å². The fourth-order valence-corrected chi connectivity index (χ4v) is 3.29. The van der Waals surface area contributed by atoms with E-state index in [1.165, 1.54) is 10.4 Å². The molecule has 1 aromatic rings. The summed E-state index contributed by atoms with van der Waals surface area (Å²) in [6.45, 7) is 7.24. The van der Waals surface area contributed by atoms with Crippen molar-refractivity contribution in [2.45, 2.75) is 46.2 Å². The highest BCUT2D eigenvalue weighted by Gasteiger charge is 2.33. The van der Waals surface area contributed by atoms with E-state index in [2.05, 4.69) is 18.3 Å². The lowest BCUT2D eigenvalue weighted by molar-refractivity contribution is -0.135. The van der Waals surface area contributed by atoms with E-state index in [1.54, 1.807) is 11.3 Å². The van der Waals surface area contributed by atoms with Crippen molar-refractivity contribution >= 4 is 23.2 Å². The van der Waals surface area contributed by atoms with Crippen LogP contribution in [0.2, 0.25) is 0 Å². The van der Waals surface area contributed by atoms with E-state index in [-0.39, 0.29) is 23.8 Å². The molecular weight excluding hydrogens is 272 g/mol. The summed E-state index contributed by atoms with van der Waals surface area (Å²) in [6.07, 6.45) is 1.27. The maximum Gasteiger partial charge on any atom is 0.245 e. The lowest BCUT2D eigenvalue weighted by atomic mass is 9.98. The van der Waals surface area contributed by atoms with Crippen molar-refractivity contribution in [3.63, 3.8) is 0 Å². The molecule has 1 aliphatic heterocycles. The van der Waals surface area contributed by atoms with Crippen LogP contribution in [-0.4, -0.2) is 29.3 Å². The Labute approximate surface area is 124 Å². The molecule has 4 nitrogen and oxygen atoms in total. The van der Waals surface area contributed by atoms with Crippen LogP contribution in [0, 0.1) is 12.8 Å². The summed E-state index contributed by atoms with van der Waals surface area (Å²) in [6, 6.07) is 1.69. The van der Waals surface area contributed by atoms with Crippen LogP contribution in [-0.2, 0) is 16.1 Å². The van der Waals surface area contributed by atoms with Gasteiger partial charge in [0.05, 0.1) is 6.54 Å². The molecule has 1 aromatic heterocycles. The first-order chi connectivity index (χ1) is 9.52. The van der Waals surface area contributed by atoms with Gasteiger partial charge in [0.2, 0.25) is 11.8 Å². The highest BCUT2D eigenvalue weighted by molar-refractivity contribution is 7.10. The molecule has 1 saturated heterocycles. The zero-order chi connectivity index (χ0) is 14.7. The Bertz CT molecular complexity index is 498. The van der Waals surface area contributed by atoms with Gasteiger partial charge in [-0.3, -0.25) is 9.59 Å². The molecule has 5 heteroatoms. The standard InChI is InChI=1S/C15H22N2O2S/c1-4-10(2)14-15(19)17(7-5-13(18)16-14)9-12-11(3)6-8-20-12/h6,8,10,14H,4-5,7,9H2,1-3H3,(H,16,18). The molecule has 0 aliphatic carbocycles. The minimum absolute atomic E-state index is 0.0194. The van der Waals surface area contributed by atoms with E-state index >= 15 is 0 Å². The molecule has 0 bridgehead atoms. The Hall–Kier alpha value is -1.36. The van der Waals surface area contributed by atoms with Gasteiger partial charge < -0.3 is 10.2 Å². The fraction of sp³-hybridized carbons (Fsp3) is 0.600.